The molecule has 1 saturated carbocycles. The van der Waals surface area contributed by atoms with E-state index in [4.69, 9.17) is 0 Å². The Morgan fingerprint density at radius 3 is 2.78 bits per heavy atom. The number of piperazine rings is 1. The van der Waals surface area contributed by atoms with E-state index in [2.05, 4.69) is 17.2 Å². The van der Waals surface area contributed by atoms with Gasteiger partial charge in [0.25, 0.3) is 0 Å². The molecule has 1 atom stereocenters. The van der Waals surface area contributed by atoms with Crippen molar-refractivity contribution in [3.05, 3.63) is 12.7 Å². The summed E-state index contributed by atoms with van der Waals surface area (Å²) in [7, 11) is 0. The number of carbonyl (C=O) groups is 2. The predicted octanol–water partition coefficient (Wildman–Crippen LogP) is 2.01. The first kappa shape index (κ1) is 20.0. The van der Waals surface area contributed by atoms with Crippen LogP contribution in [0.25, 0.3) is 0 Å². The molecule has 2 aliphatic rings. The number of hydrogen-bond donors (Lipinski definition) is 2. The van der Waals surface area contributed by atoms with Gasteiger partial charge in [-0.15, -0.1) is 19.0 Å². The summed E-state index contributed by atoms with van der Waals surface area (Å²) >= 11 is 0. The zero-order valence-corrected chi connectivity index (χ0v) is 14.7. The van der Waals surface area contributed by atoms with Crippen LogP contribution in [0.1, 0.15) is 51.4 Å². The van der Waals surface area contributed by atoms with E-state index in [1.54, 1.807) is 0 Å². The molecular formula is C17H30ClN3O2. The highest BCUT2D eigenvalue weighted by Gasteiger charge is 2.30. The molecule has 0 radical (unpaired) electrons. The minimum absolute atomic E-state index is 0. The molecule has 6 heteroatoms. The lowest BCUT2D eigenvalue weighted by molar-refractivity contribution is -0.138. The number of rotatable bonds is 7. The van der Waals surface area contributed by atoms with Gasteiger partial charge in [0.1, 0.15) is 0 Å². The van der Waals surface area contributed by atoms with Crippen molar-refractivity contribution >= 4 is 24.2 Å². The summed E-state index contributed by atoms with van der Waals surface area (Å²) in [5.41, 5.74) is 0. The van der Waals surface area contributed by atoms with Gasteiger partial charge in [0, 0.05) is 25.7 Å². The van der Waals surface area contributed by atoms with Crippen LogP contribution in [-0.4, -0.2) is 48.4 Å². The fourth-order valence-corrected chi connectivity index (χ4v) is 3.32. The van der Waals surface area contributed by atoms with Gasteiger partial charge in [0.2, 0.25) is 11.8 Å². The van der Waals surface area contributed by atoms with Gasteiger partial charge in [-0.05, 0) is 25.7 Å². The zero-order valence-electron chi connectivity index (χ0n) is 13.9. The highest BCUT2D eigenvalue weighted by Crippen LogP contribution is 2.17. The zero-order chi connectivity index (χ0) is 15.8. The highest BCUT2D eigenvalue weighted by atomic mass is 35.5. The largest absolute Gasteiger partial charge is 0.353 e. The first-order chi connectivity index (χ1) is 10.7. The van der Waals surface area contributed by atoms with Crippen molar-refractivity contribution in [1.82, 2.24) is 15.5 Å². The first-order valence-corrected chi connectivity index (χ1v) is 8.63. The van der Waals surface area contributed by atoms with Crippen molar-refractivity contribution in [3.63, 3.8) is 0 Å². The predicted molar refractivity (Wildman–Crippen MR) is 94.7 cm³/mol. The van der Waals surface area contributed by atoms with Gasteiger partial charge in [0.05, 0.1) is 12.5 Å². The maximum Gasteiger partial charge on any atom is 0.240 e. The second kappa shape index (κ2) is 10.7. The van der Waals surface area contributed by atoms with Gasteiger partial charge >= 0.3 is 0 Å². The molecule has 0 bridgehead atoms. The molecule has 1 unspecified atom stereocenters. The minimum atomic E-state index is -0.360. The molecule has 0 aromatic heterocycles. The number of nitrogens with zero attached hydrogens (tertiary/aromatic N) is 1. The topological polar surface area (TPSA) is 61.4 Å². The molecule has 5 nitrogen and oxygen atoms in total. The van der Waals surface area contributed by atoms with Crippen LogP contribution < -0.4 is 10.6 Å². The lowest BCUT2D eigenvalue weighted by Crippen LogP contribution is -2.56. The lowest BCUT2D eigenvalue weighted by Gasteiger charge is -2.33. The molecule has 1 saturated heterocycles. The second-order valence-electron chi connectivity index (χ2n) is 6.37. The first-order valence-electron chi connectivity index (χ1n) is 8.63. The molecule has 1 aliphatic carbocycles. The Morgan fingerprint density at radius 2 is 2.09 bits per heavy atom. The third-order valence-corrected chi connectivity index (χ3v) is 4.58. The maximum absolute atomic E-state index is 12.4. The molecule has 0 aromatic rings. The van der Waals surface area contributed by atoms with Gasteiger partial charge < -0.3 is 15.5 Å². The van der Waals surface area contributed by atoms with Crippen LogP contribution >= 0.6 is 12.4 Å². The Bertz CT molecular complexity index is 397. The van der Waals surface area contributed by atoms with Crippen LogP contribution in [0.3, 0.4) is 0 Å². The maximum atomic E-state index is 12.4. The normalized spacial score (nSPS) is 22.3. The number of hydrogen-bond acceptors (Lipinski definition) is 3. The molecule has 2 N–H and O–H groups in total. The standard InChI is InChI=1S/C17H29N3O2.ClH/c1-2-3-7-11-20-12-10-18-15(17(20)22)13-16(21)19-14-8-5-4-6-9-14;/h2,14-15,18H,1,3-13H2,(H,19,21);1H. The quantitative estimate of drug-likeness (QED) is 0.549. The molecule has 2 fully saturated rings. The van der Waals surface area contributed by atoms with E-state index in [-0.39, 0.29) is 36.7 Å². The Labute approximate surface area is 145 Å². The lowest BCUT2D eigenvalue weighted by atomic mass is 9.95. The minimum Gasteiger partial charge on any atom is -0.353 e. The van der Waals surface area contributed by atoms with Gasteiger partial charge in [-0.3, -0.25) is 9.59 Å². The summed E-state index contributed by atoms with van der Waals surface area (Å²) in [6.07, 6.45) is 9.81. The van der Waals surface area contributed by atoms with Crippen molar-refractivity contribution in [2.24, 2.45) is 0 Å². The van der Waals surface area contributed by atoms with Crippen LogP contribution in [0.15, 0.2) is 12.7 Å². The fraction of sp³-hybridized carbons (Fsp3) is 0.765. The van der Waals surface area contributed by atoms with Gasteiger partial charge in [-0.2, -0.15) is 0 Å². The van der Waals surface area contributed by atoms with Crippen LogP contribution in [0, 0.1) is 0 Å². The smallest absolute Gasteiger partial charge is 0.240 e. The van der Waals surface area contributed by atoms with Crippen LogP contribution in [-0.2, 0) is 9.59 Å². The Hall–Kier alpha value is -1.07. The van der Waals surface area contributed by atoms with Gasteiger partial charge in [0.15, 0.2) is 0 Å². The Balaban J connectivity index is 0.00000264. The van der Waals surface area contributed by atoms with E-state index in [0.717, 1.165) is 45.3 Å². The van der Waals surface area contributed by atoms with Gasteiger partial charge in [-0.25, -0.2) is 0 Å². The summed E-state index contributed by atoms with van der Waals surface area (Å²) < 4.78 is 0. The number of halogens is 1. The monoisotopic (exact) mass is 343 g/mol. The third kappa shape index (κ3) is 6.51. The van der Waals surface area contributed by atoms with Crippen molar-refractivity contribution in [2.45, 2.75) is 63.5 Å². The molecule has 0 spiro atoms. The van der Waals surface area contributed by atoms with E-state index in [9.17, 15) is 9.59 Å². The number of carbonyl (C=O) groups excluding carboxylic acids is 2. The van der Waals surface area contributed by atoms with E-state index < -0.39 is 0 Å². The summed E-state index contributed by atoms with van der Waals surface area (Å²) in [5, 5.41) is 6.28. The van der Waals surface area contributed by atoms with E-state index in [0.29, 0.717) is 6.04 Å². The average molecular weight is 344 g/mol. The molecule has 0 aromatic carbocycles. The van der Waals surface area contributed by atoms with Crippen LogP contribution in [0.4, 0.5) is 0 Å². The van der Waals surface area contributed by atoms with Crippen molar-refractivity contribution < 1.29 is 9.59 Å². The Kier molecular flexibility index (Phi) is 9.26. The number of amides is 2. The highest BCUT2D eigenvalue weighted by molar-refractivity contribution is 5.89. The Morgan fingerprint density at radius 1 is 1.35 bits per heavy atom. The van der Waals surface area contributed by atoms with Crippen molar-refractivity contribution in [1.29, 1.82) is 0 Å². The van der Waals surface area contributed by atoms with Crippen LogP contribution in [0.2, 0.25) is 0 Å². The summed E-state index contributed by atoms with van der Waals surface area (Å²) in [6, 6.07) is -0.0512. The molecule has 132 valence electrons. The third-order valence-electron chi connectivity index (χ3n) is 4.58. The molecular weight excluding hydrogens is 314 g/mol. The number of nitrogens with one attached hydrogen (secondary N) is 2. The van der Waals surface area contributed by atoms with E-state index in [1.165, 1.54) is 19.3 Å². The molecule has 1 heterocycles. The average Bonchev–Trinajstić information content (AvgIpc) is 2.52. The summed E-state index contributed by atoms with van der Waals surface area (Å²) in [5.74, 6) is 0.0693. The second-order valence-corrected chi connectivity index (χ2v) is 6.37. The summed E-state index contributed by atoms with van der Waals surface area (Å²) in [4.78, 5) is 26.4. The van der Waals surface area contributed by atoms with Crippen molar-refractivity contribution in [2.75, 3.05) is 19.6 Å². The number of unbranched alkanes of at least 4 members (excludes halogenated alkanes) is 1. The molecule has 2 amide bonds. The van der Waals surface area contributed by atoms with Gasteiger partial charge in [-0.1, -0.05) is 25.3 Å². The fourth-order valence-electron chi connectivity index (χ4n) is 3.32. The van der Waals surface area contributed by atoms with Crippen LogP contribution in [0.5, 0.6) is 0 Å². The van der Waals surface area contributed by atoms with Crippen molar-refractivity contribution in [3.8, 4) is 0 Å². The number of allylic oxidation sites excluding steroid dienone is 1. The molecule has 2 rings (SSSR count). The molecule has 23 heavy (non-hydrogen) atoms. The summed E-state index contributed by atoms with van der Waals surface area (Å²) in [6.45, 7) is 5.96. The van der Waals surface area contributed by atoms with E-state index in [1.807, 2.05) is 11.0 Å². The SMILES string of the molecule is C=CCCCN1CCNC(CC(=O)NC2CCCCC2)C1=O.Cl. The van der Waals surface area contributed by atoms with E-state index >= 15 is 0 Å². The molecule has 1 aliphatic heterocycles.